The van der Waals surface area contributed by atoms with Gasteiger partial charge in [-0.2, -0.15) is 0 Å². The quantitative estimate of drug-likeness (QED) is 0.619. The maximum absolute atomic E-state index is 11.5. The fourth-order valence-corrected chi connectivity index (χ4v) is 1.51. The van der Waals surface area contributed by atoms with Crippen molar-refractivity contribution < 1.29 is 9.53 Å². The second-order valence-corrected chi connectivity index (χ2v) is 2.91. The number of carbonyl (C=O) groups is 1. The lowest BCUT2D eigenvalue weighted by Gasteiger charge is -2.22. The molecule has 0 saturated heterocycles. The van der Waals surface area contributed by atoms with Crippen molar-refractivity contribution in [1.82, 2.24) is 0 Å². The van der Waals surface area contributed by atoms with Gasteiger partial charge in [0.25, 0.3) is 0 Å². The summed E-state index contributed by atoms with van der Waals surface area (Å²) in [6.45, 7) is 0. The van der Waals surface area contributed by atoms with Gasteiger partial charge >= 0.3 is 5.97 Å². The predicted octanol–water partition coefficient (Wildman–Crippen LogP) is 1.66. The van der Waals surface area contributed by atoms with Crippen LogP contribution in [0.5, 0.6) is 0 Å². The van der Waals surface area contributed by atoms with Crippen LogP contribution in [0.4, 0.5) is 0 Å². The van der Waals surface area contributed by atoms with Crippen LogP contribution in [0.2, 0.25) is 0 Å². The molecule has 0 aromatic rings. The van der Waals surface area contributed by atoms with Crippen LogP contribution in [-0.2, 0) is 9.53 Å². The average Bonchev–Trinajstić information content (AvgIpc) is 2.61. The zero-order valence-electron chi connectivity index (χ0n) is 7.64. The van der Waals surface area contributed by atoms with Crippen LogP contribution in [-0.4, -0.2) is 18.8 Å². The fraction of sp³-hybridized carbons (Fsp3) is 0.200. The van der Waals surface area contributed by atoms with Gasteiger partial charge in [-0.1, -0.05) is 18.2 Å². The Bertz CT molecular complexity index is 368. The standard InChI is InChI=1S/C10H9NO2.ClH/c1-13-9(12)10-5-3-2-4-8(10)11-7-6-10;/h2-7H,1H3;1H. The molecule has 0 aromatic carbocycles. The van der Waals surface area contributed by atoms with Gasteiger partial charge in [-0.25, -0.2) is 0 Å². The first-order chi connectivity index (χ1) is 6.29. The van der Waals surface area contributed by atoms with Crippen molar-refractivity contribution in [1.29, 1.82) is 0 Å². The molecular formula is C10H10ClNO2. The number of carbonyl (C=O) groups excluding carboxylic acids is 1. The Labute approximate surface area is 88.3 Å². The van der Waals surface area contributed by atoms with Gasteiger partial charge in [-0.15, -0.1) is 12.4 Å². The lowest BCUT2D eigenvalue weighted by Crippen LogP contribution is -2.35. The van der Waals surface area contributed by atoms with Gasteiger partial charge in [0.15, 0.2) is 0 Å². The minimum atomic E-state index is -0.760. The molecule has 4 heteroatoms. The lowest BCUT2D eigenvalue weighted by molar-refractivity contribution is -0.144. The van der Waals surface area contributed by atoms with E-state index in [1.165, 1.54) is 7.11 Å². The fourth-order valence-electron chi connectivity index (χ4n) is 1.51. The summed E-state index contributed by atoms with van der Waals surface area (Å²) in [4.78, 5) is 15.6. The number of methoxy groups -OCH3 is 1. The van der Waals surface area contributed by atoms with E-state index in [0.29, 0.717) is 0 Å². The van der Waals surface area contributed by atoms with Crippen LogP contribution in [0.3, 0.4) is 0 Å². The number of rotatable bonds is 1. The zero-order chi connectivity index (χ0) is 9.31. The number of hydrogen-bond donors (Lipinski definition) is 0. The van der Waals surface area contributed by atoms with Crippen LogP contribution in [0.1, 0.15) is 0 Å². The van der Waals surface area contributed by atoms with Gasteiger partial charge in [0.2, 0.25) is 0 Å². The summed E-state index contributed by atoms with van der Waals surface area (Å²) in [6, 6.07) is 0. The number of nitrogens with zero attached hydrogens (tertiary/aromatic N) is 1. The zero-order valence-corrected chi connectivity index (χ0v) is 8.45. The molecule has 2 rings (SSSR count). The molecule has 0 spiro atoms. The molecule has 0 amide bonds. The number of halogens is 1. The second-order valence-electron chi connectivity index (χ2n) is 2.91. The molecule has 74 valence electrons. The first kappa shape index (κ1) is 10.7. The third-order valence-electron chi connectivity index (χ3n) is 2.22. The Morgan fingerprint density at radius 2 is 2.21 bits per heavy atom. The van der Waals surface area contributed by atoms with E-state index in [4.69, 9.17) is 4.74 Å². The van der Waals surface area contributed by atoms with E-state index in [9.17, 15) is 4.79 Å². The molecule has 0 N–H and O–H groups in total. The van der Waals surface area contributed by atoms with Crippen LogP contribution < -0.4 is 0 Å². The summed E-state index contributed by atoms with van der Waals surface area (Å²) in [5, 5.41) is 0. The summed E-state index contributed by atoms with van der Waals surface area (Å²) < 4.78 is 4.74. The summed E-state index contributed by atoms with van der Waals surface area (Å²) in [6.07, 6.45) is 10.7. The maximum Gasteiger partial charge on any atom is 0.325 e. The minimum absolute atomic E-state index is 0. The van der Waals surface area contributed by atoms with Gasteiger partial charge in [-0.3, -0.25) is 9.79 Å². The van der Waals surface area contributed by atoms with Crippen molar-refractivity contribution in [2.24, 2.45) is 10.4 Å². The smallest absolute Gasteiger partial charge is 0.325 e. The Balaban J connectivity index is 0.000000980. The van der Waals surface area contributed by atoms with Crippen molar-refractivity contribution in [3.63, 3.8) is 0 Å². The molecule has 0 saturated carbocycles. The van der Waals surface area contributed by atoms with Crippen molar-refractivity contribution in [3.05, 3.63) is 36.6 Å². The van der Waals surface area contributed by atoms with E-state index in [2.05, 4.69) is 4.99 Å². The molecule has 0 radical (unpaired) electrons. The van der Waals surface area contributed by atoms with E-state index in [1.54, 1.807) is 18.4 Å². The lowest BCUT2D eigenvalue weighted by atomic mass is 9.81. The van der Waals surface area contributed by atoms with E-state index >= 15 is 0 Å². The van der Waals surface area contributed by atoms with E-state index < -0.39 is 5.41 Å². The number of esters is 1. The summed E-state index contributed by atoms with van der Waals surface area (Å²) in [7, 11) is 1.38. The van der Waals surface area contributed by atoms with Crippen LogP contribution >= 0.6 is 12.4 Å². The molecule has 0 bridgehead atoms. The highest BCUT2D eigenvalue weighted by atomic mass is 35.5. The minimum Gasteiger partial charge on any atom is -0.468 e. The number of aliphatic imine (C=N–C) groups is 1. The third kappa shape index (κ3) is 1.30. The van der Waals surface area contributed by atoms with Gasteiger partial charge < -0.3 is 4.74 Å². The summed E-state index contributed by atoms with van der Waals surface area (Å²) in [5.41, 5.74) is -0.0365. The van der Waals surface area contributed by atoms with Crippen LogP contribution in [0.25, 0.3) is 0 Å². The Hall–Kier alpha value is -1.35. The Morgan fingerprint density at radius 1 is 1.43 bits per heavy atom. The SMILES string of the molecule is COC(=O)C12C=CC=CC1=NC=C2.Cl. The average molecular weight is 212 g/mol. The van der Waals surface area contributed by atoms with E-state index in [-0.39, 0.29) is 18.4 Å². The normalized spacial score (nSPS) is 26.5. The molecular weight excluding hydrogens is 202 g/mol. The Kier molecular flexibility index (Phi) is 2.91. The molecule has 1 aliphatic carbocycles. The topological polar surface area (TPSA) is 38.7 Å². The molecule has 0 fully saturated rings. The molecule has 1 unspecified atom stereocenters. The number of fused-ring (bicyclic) bond motifs is 1. The highest BCUT2D eigenvalue weighted by Crippen LogP contribution is 2.32. The largest absolute Gasteiger partial charge is 0.468 e. The summed E-state index contributed by atoms with van der Waals surface area (Å²) in [5.74, 6) is -0.291. The van der Waals surface area contributed by atoms with Crippen molar-refractivity contribution in [3.8, 4) is 0 Å². The second kappa shape index (κ2) is 3.80. The highest BCUT2D eigenvalue weighted by molar-refractivity contribution is 6.18. The molecule has 1 heterocycles. The third-order valence-corrected chi connectivity index (χ3v) is 2.22. The first-order valence-corrected chi connectivity index (χ1v) is 4.00. The van der Waals surface area contributed by atoms with Crippen molar-refractivity contribution in [2.45, 2.75) is 0 Å². The van der Waals surface area contributed by atoms with E-state index in [0.717, 1.165) is 5.71 Å². The van der Waals surface area contributed by atoms with Crippen LogP contribution in [0, 0.1) is 5.41 Å². The molecule has 0 aromatic heterocycles. The first-order valence-electron chi connectivity index (χ1n) is 4.00. The predicted molar refractivity (Wildman–Crippen MR) is 56.6 cm³/mol. The number of allylic oxidation sites excluding steroid dienone is 3. The monoisotopic (exact) mass is 211 g/mol. The van der Waals surface area contributed by atoms with Gasteiger partial charge in [0, 0.05) is 6.20 Å². The van der Waals surface area contributed by atoms with Crippen LogP contribution in [0.15, 0.2) is 41.6 Å². The molecule has 2 aliphatic rings. The molecule has 1 aliphatic heterocycles. The van der Waals surface area contributed by atoms with E-state index in [1.807, 2.05) is 18.2 Å². The molecule has 3 nitrogen and oxygen atoms in total. The van der Waals surface area contributed by atoms with Crippen molar-refractivity contribution in [2.75, 3.05) is 7.11 Å². The number of ether oxygens (including phenoxy) is 1. The van der Waals surface area contributed by atoms with Gasteiger partial charge in [0.05, 0.1) is 12.8 Å². The van der Waals surface area contributed by atoms with Gasteiger partial charge in [0.1, 0.15) is 5.41 Å². The number of hydrogen-bond acceptors (Lipinski definition) is 3. The van der Waals surface area contributed by atoms with Crippen molar-refractivity contribution >= 4 is 24.1 Å². The molecule has 1 atom stereocenters. The molecule has 14 heavy (non-hydrogen) atoms. The Morgan fingerprint density at radius 3 is 2.93 bits per heavy atom. The van der Waals surface area contributed by atoms with Gasteiger partial charge in [-0.05, 0) is 12.2 Å². The summed E-state index contributed by atoms with van der Waals surface area (Å²) >= 11 is 0. The highest BCUT2D eigenvalue weighted by Gasteiger charge is 2.41. The maximum atomic E-state index is 11.5.